The smallest absolute Gasteiger partial charge is 0.317 e. The Hall–Kier alpha value is -2.26. The van der Waals surface area contributed by atoms with Gasteiger partial charge in [0.25, 0.3) is 0 Å². The Morgan fingerprint density at radius 2 is 1.96 bits per heavy atom. The van der Waals surface area contributed by atoms with Gasteiger partial charge in [0.15, 0.2) is 0 Å². The Balaban J connectivity index is 1.82. The largest absolute Gasteiger partial charge is 0.389 e. The number of nitriles is 1. The number of benzene rings is 1. The lowest BCUT2D eigenvalue weighted by Crippen LogP contribution is -2.50. The molecule has 1 aliphatic rings. The van der Waals surface area contributed by atoms with Gasteiger partial charge in [0.1, 0.15) is 0 Å². The van der Waals surface area contributed by atoms with Gasteiger partial charge in [-0.15, -0.1) is 0 Å². The lowest BCUT2D eigenvalue weighted by Gasteiger charge is -2.35. The van der Waals surface area contributed by atoms with E-state index >= 15 is 0 Å². The fourth-order valence-electron chi connectivity index (χ4n) is 2.97. The summed E-state index contributed by atoms with van der Waals surface area (Å²) in [6.45, 7) is 5.40. The maximum Gasteiger partial charge on any atom is 0.317 e. The Labute approximate surface area is 143 Å². The van der Waals surface area contributed by atoms with Crippen LogP contribution in [-0.4, -0.2) is 54.4 Å². The first-order valence-electron chi connectivity index (χ1n) is 8.27. The van der Waals surface area contributed by atoms with Crippen molar-refractivity contribution in [3.8, 4) is 6.07 Å². The number of rotatable bonds is 4. The van der Waals surface area contributed by atoms with E-state index in [4.69, 9.17) is 5.26 Å². The van der Waals surface area contributed by atoms with Crippen LogP contribution in [-0.2, 0) is 0 Å². The molecule has 0 bridgehead atoms. The number of carbonyl (C=O) groups excluding carboxylic acids is 1. The summed E-state index contributed by atoms with van der Waals surface area (Å²) in [5.74, 6) is 0. The van der Waals surface area contributed by atoms with Gasteiger partial charge in [0, 0.05) is 31.9 Å². The summed E-state index contributed by atoms with van der Waals surface area (Å²) < 4.78 is 0. The molecule has 1 aromatic rings. The third-order valence-corrected chi connectivity index (χ3v) is 4.15. The molecule has 24 heavy (non-hydrogen) atoms. The van der Waals surface area contributed by atoms with Crippen LogP contribution in [0.25, 0.3) is 0 Å². The Bertz CT molecular complexity index is 593. The van der Waals surface area contributed by atoms with Gasteiger partial charge in [-0.1, -0.05) is 0 Å². The molecule has 1 aliphatic heterocycles. The number of hydrogen-bond donors (Lipinski definition) is 2. The molecule has 6 heteroatoms. The highest BCUT2D eigenvalue weighted by molar-refractivity contribution is 5.74. The molecular formula is C18H26N4O2. The van der Waals surface area contributed by atoms with Crippen molar-refractivity contribution in [3.05, 3.63) is 29.8 Å². The molecule has 0 spiro atoms. The van der Waals surface area contributed by atoms with E-state index in [1.54, 1.807) is 20.9 Å². The number of anilines is 1. The summed E-state index contributed by atoms with van der Waals surface area (Å²) in [7, 11) is 1.69. The number of nitrogens with one attached hydrogen (secondary N) is 1. The van der Waals surface area contributed by atoms with E-state index in [0.29, 0.717) is 12.1 Å². The number of amides is 2. The fraction of sp³-hybridized carbons (Fsp3) is 0.556. The van der Waals surface area contributed by atoms with Gasteiger partial charge in [-0.05, 0) is 51.0 Å². The molecule has 2 rings (SSSR count). The molecular weight excluding hydrogens is 304 g/mol. The number of nitrogens with zero attached hydrogens (tertiary/aromatic N) is 3. The summed E-state index contributed by atoms with van der Waals surface area (Å²) in [5, 5.41) is 21.7. The molecule has 0 atom stereocenters. The number of hydrogen-bond acceptors (Lipinski definition) is 4. The Morgan fingerprint density at radius 1 is 1.38 bits per heavy atom. The van der Waals surface area contributed by atoms with Gasteiger partial charge in [-0.2, -0.15) is 5.26 Å². The zero-order valence-electron chi connectivity index (χ0n) is 14.6. The number of carbonyl (C=O) groups is 1. The van der Waals surface area contributed by atoms with Crippen LogP contribution in [0.1, 0.15) is 32.3 Å². The minimum atomic E-state index is -0.898. The highest BCUT2D eigenvalue weighted by atomic mass is 16.3. The summed E-state index contributed by atoms with van der Waals surface area (Å²) in [6, 6.07) is 9.72. The van der Waals surface area contributed by atoms with Crippen LogP contribution in [0.15, 0.2) is 24.3 Å². The molecule has 1 heterocycles. The lowest BCUT2D eigenvalue weighted by atomic mass is 10.0. The predicted octanol–water partition coefficient (Wildman–Crippen LogP) is 1.94. The highest BCUT2D eigenvalue weighted by Gasteiger charge is 2.24. The minimum Gasteiger partial charge on any atom is -0.389 e. The van der Waals surface area contributed by atoms with E-state index in [0.717, 1.165) is 31.6 Å². The average molecular weight is 330 g/mol. The number of urea groups is 1. The van der Waals surface area contributed by atoms with Crippen LogP contribution in [0.2, 0.25) is 0 Å². The maximum absolute atomic E-state index is 12.2. The van der Waals surface area contributed by atoms with Crippen molar-refractivity contribution in [2.75, 3.05) is 31.6 Å². The maximum atomic E-state index is 12.2. The molecule has 1 fully saturated rings. The van der Waals surface area contributed by atoms with Crippen LogP contribution in [0.3, 0.4) is 0 Å². The van der Waals surface area contributed by atoms with Crippen LogP contribution in [0.5, 0.6) is 0 Å². The third-order valence-electron chi connectivity index (χ3n) is 4.15. The van der Waals surface area contributed by atoms with Crippen molar-refractivity contribution < 1.29 is 9.90 Å². The molecule has 1 aromatic carbocycles. The van der Waals surface area contributed by atoms with Crippen molar-refractivity contribution in [2.45, 2.75) is 38.3 Å². The van der Waals surface area contributed by atoms with Crippen LogP contribution in [0, 0.1) is 11.3 Å². The standard InChI is InChI=1S/C18H26N4O2/c1-18(2,24)13-21(3)17(23)20-15-8-10-22(11-9-15)16-6-4-14(12-19)5-7-16/h4-7,15,24H,8-11,13H2,1-3H3,(H,20,23). The Kier molecular flexibility index (Phi) is 5.68. The summed E-state index contributed by atoms with van der Waals surface area (Å²) in [6.07, 6.45) is 1.75. The van der Waals surface area contributed by atoms with E-state index in [1.807, 2.05) is 24.3 Å². The molecule has 0 aromatic heterocycles. The molecule has 0 unspecified atom stereocenters. The van der Waals surface area contributed by atoms with Gasteiger partial charge in [0.2, 0.25) is 0 Å². The van der Waals surface area contributed by atoms with Crippen molar-refractivity contribution >= 4 is 11.7 Å². The van der Waals surface area contributed by atoms with Gasteiger partial charge < -0.3 is 20.2 Å². The molecule has 0 radical (unpaired) electrons. The zero-order chi connectivity index (χ0) is 17.7. The summed E-state index contributed by atoms with van der Waals surface area (Å²) in [4.78, 5) is 16.0. The van der Waals surface area contributed by atoms with E-state index < -0.39 is 5.60 Å². The van der Waals surface area contributed by atoms with Crippen LogP contribution < -0.4 is 10.2 Å². The molecule has 6 nitrogen and oxygen atoms in total. The van der Waals surface area contributed by atoms with E-state index in [2.05, 4.69) is 16.3 Å². The topological polar surface area (TPSA) is 79.6 Å². The predicted molar refractivity (Wildman–Crippen MR) is 93.9 cm³/mol. The quantitative estimate of drug-likeness (QED) is 0.884. The van der Waals surface area contributed by atoms with Gasteiger partial charge >= 0.3 is 6.03 Å². The molecule has 0 aliphatic carbocycles. The van der Waals surface area contributed by atoms with Gasteiger partial charge in [0.05, 0.1) is 23.8 Å². The van der Waals surface area contributed by atoms with Crippen LogP contribution in [0.4, 0.5) is 10.5 Å². The Morgan fingerprint density at radius 3 is 2.46 bits per heavy atom. The van der Waals surface area contributed by atoms with Crippen molar-refractivity contribution in [1.82, 2.24) is 10.2 Å². The fourth-order valence-corrected chi connectivity index (χ4v) is 2.97. The molecule has 2 amide bonds. The summed E-state index contributed by atoms with van der Waals surface area (Å²) in [5.41, 5.74) is 0.874. The van der Waals surface area contributed by atoms with Gasteiger partial charge in [-0.3, -0.25) is 0 Å². The SMILES string of the molecule is CN(CC(C)(C)O)C(=O)NC1CCN(c2ccc(C#N)cc2)CC1. The number of piperidine rings is 1. The summed E-state index contributed by atoms with van der Waals surface area (Å²) >= 11 is 0. The monoisotopic (exact) mass is 330 g/mol. The van der Waals surface area contributed by atoms with E-state index in [1.165, 1.54) is 4.90 Å². The average Bonchev–Trinajstić information content (AvgIpc) is 2.54. The van der Waals surface area contributed by atoms with E-state index in [9.17, 15) is 9.90 Å². The minimum absolute atomic E-state index is 0.144. The first-order valence-corrected chi connectivity index (χ1v) is 8.27. The van der Waals surface area contributed by atoms with Crippen molar-refractivity contribution in [2.24, 2.45) is 0 Å². The highest BCUT2D eigenvalue weighted by Crippen LogP contribution is 2.20. The second-order valence-electron chi connectivity index (χ2n) is 7.04. The second kappa shape index (κ2) is 7.54. The molecule has 2 N–H and O–H groups in total. The van der Waals surface area contributed by atoms with Crippen molar-refractivity contribution in [1.29, 1.82) is 5.26 Å². The zero-order valence-corrected chi connectivity index (χ0v) is 14.6. The third kappa shape index (κ3) is 5.14. The first kappa shape index (κ1) is 18.1. The lowest BCUT2D eigenvalue weighted by molar-refractivity contribution is 0.0526. The van der Waals surface area contributed by atoms with Crippen molar-refractivity contribution in [3.63, 3.8) is 0 Å². The first-order chi connectivity index (χ1) is 11.3. The second-order valence-corrected chi connectivity index (χ2v) is 7.04. The van der Waals surface area contributed by atoms with Crippen LogP contribution >= 0.6 is 0 Å². The molecule has 130 valence electrons. The molecule has 0 saturated carbocycles. The van der Waals surface area contributed by atoms with Gasteiger partial charge in [-0.25, -0.2) is 4.79 Å². The number of likely N-dealkylation sites (N-methyl/N-ethyl adjacent to an activating group) is 1. The van der Waals surface area contributed by atoms with E-state index in [-0.39, 0.29) is 12.1 Å². The normalized spacial score (nSPS) is 15.7. The number of aliphatic hydroxyl groups is 1. The molecule has 1 saturated heterocycles.